The van der Waals surface area contributed by atoms with Gasteiger partial charge in [-0.15, -0.1) is 14.8 Å². The fourth-order valence-corrected chi connectivity index (χ4v) is 4.99. The van der Waals surface area contributed by atoms with Crippen LogP contribution in [-0.4, -0.2) is 61.7 Å². The van der Waals surface area contributed by atoms with Crippen LogP contribution in [0.25, 0.3) is 5.65 Å². The topological polar surface area (TPSA) is 79.5 Å². The van der Waals surface area contributed by atoms with E-state index >= 15 is 0 Å². The highest BCUT2D eigenvalue weighted by Crippen LogP contribution is 2.29. The molecule has 1 aliphatic carbocycles. The minimum Gasteiger partial charge on any atom is -0.355 e. The largest absolute Gasteiger partial charge is 0.355 e. The van der Waals surface area contributed by atoms with Gasteiger partial charge in [0.05, 0.1) is 0 Å². The normalized spacial score (nSPS) is 17.8. The van der Waals surface area contributed by atoms with Crippen LogP contribution in [0.3, 0.4) is 0 Å². The first-order valence-electron chi connectivity index (χ1n) is 11.5. The van der Waals surface area contributed by atoms with Crippen LogP contribution in [0.2, 0.25) is 0 Å². The first kappa shape index (κ1) is 20.8. The van der Waals surface area contributed by atoms with E-state index in [1.807, 2.05) is 24.3 Å². The lowest BCUT2D eigenvalue weighted by molar-refractivity contribution is -0.138. The monoisotopic (exact) mass is 437 g/mol. The molecule has 3 heterocycles. The van der Waals surface area contributed by atoms with E-state index < -0.39 is 0 Å². The van der Waals surface area contributed by atoms with Crippen molar-refractivity contribution in [1.29, 1.82) is 0 Å². The maximum Gasteiger partial charge on any atom is 0.226 e. The van der Waals surface area contributed by atoms with Gasteiger partial charge in [-0.1, -0.05) is 25.0 Å². The number of benzene rings is 1. The van der Waals surface area contributed by atoms with Crippen molar-refractivity contribution >= 4 is 17.4 Å². The summed E-state index contributed by atoms with van der Waals surface area (Å²) in [6.07, 6.45) is 6.94. The standard InChI is InChI=1S/C23H28FN7O/c24-19-7-5-17(6-8-19)11-16-30(20-3-1-2-4-20)23(32)18-12-14-29(15-13-18)22-10-9-21-25-27-28-31(21)26-22/h5-10,18,20H,1-4,11-16H2. The van der Waals surface area contributed by atoms with E-state index in [-0.39, 0.29) is 17.6 Å². The van der Waals surface area contributed by atoms with Crippen LogP contribution in [0.5, 0.6) is 0 Å². The van der Waals surface area contributed by atoms with Crippen LogP contribution in [0, 0.1) is 11.7 Å². The molecule has 1 aliphatic heterocycles. The first-order chi connectivity index (χ1) is 15.7. The summed E-state index contributed by atoms with van der Waals surface area (Å²) >= 11 is 0. The predicted octanol–water partition coefficient (Wildman–Crippen LogP) is 2.89. The van der Waals surface area contributed by atoms with Gasteiger partial charge < -0.3 is 9.80 Å². The molecule has 2 aromatic heterocycles. The smallest absolute Gasteiger partial charge is 0.226 e. The van der Waals surface area contributed by atoms with E-state index in [1.54, 1.807) is 0 Å². The van der Waals surface area contributed by atoms with E-state index in [0.29, 0.717) is 18.2 Å². The number of rotatable bonds is 6. The molecule has 1 saturated heterocycles. The molecule has 0 atom stereocenters. The molecule has 8 nitrogen and oxygen atoms in total. The number of piperidine rings is 1. The Morgan fingerprint density at radius 1 is 1.03 bits per heavy atom. The van der Waals surface area contributed by atoms with Crippen molar-refractivity contribution in [2.45, 2.75) is 51.0 Å². The third kappa shape index (κ3) is 4.42. The summed E-state index contributed by atoms with van der Waals surface area (Å²) in [7, 11) is 0. The first-order valence-corrected chi connectivity index (χ1v) is 11.5. The quantitative estimate of drug-likeness (QED) is 0.590. The maximum atomic E-state index is 13.5. The van der Waals surface area contributed by atoms with Crippen LogP contribution >= 0.6 is 0 Å². The van der Waals surface area contributed by atoms with Crippen molar-refractivity contribution in [3.05, 3.63) is 47.8 Å². The molecule has 1 aromatic carbocycles. The molecule has 0 unspecified atom stereocenters. The van der Waals surface area contributed by atoms with Crippen molar-refractivity contribution in [3.8, 4) is 0 Å². The number of aromatic nitrogens is 5. The van der Waals surface area contributed by atoms with Crippen molar-refractivity contribution < 1.29 is 9.18 Å². The van der Waals surface area contributed by atoms with Gasteiger partial charge in [0.2, 0.25) is 5.91 Å². The number of nitrogens with zero attached hydrogens (tertiary/aromatic N) is 7. The summed E-state index contributed by atoms with van der Waals surface area (Å²) in [5.41, 5.74) is 1.69. The third-order valence-corrected chi connectivity index (χ3v) is 6.83. The molecule has 0 bridgehead atoms. The summed E-state index contributed by atoms with van der Waals surface area (Å²) in [6.45, 7) is 2.27. The molecule has 2 fully saturated rings. The number of halogens is 1. The van der Waals surface area contributed by atoms with Crippen LogP contribution in [-0.2, 0) is 11.2 Å². The zero-order chi connectivity index (χ0) is 21.9. The second-order valence-corrected chi connectivity index (χ2v) is 8.83. The van der Waals surface area contributed by atoms with Crippen LogP contribution in [0.15, 0.2) is 36.4 Å². The molecule has 5 rings (SSSR count). The average Bonchev–Trinajstić information content (AvgIpc) is 3.52. The predicted molar refractivity (Wildman–Crippen MR) is 118 cm³/mol. The molecule has 2 aliphatic rings. The Morgan fingerprint density at radius 2 is 1.78 bits per heavy atom. The zero-order valence-corrected chi connectivity index (χ0v) is 18.1. The van der Waals surface area contributed by atoms with Crippen molar-refractivity contribution in [1.82, 2.24) is 30.2 Å². The van der Waals surface area contributed by atoms with Crippen LogP contribution in [0.1, 0.15) is 44.1 Å². The maximum absolute atomic E-state index is 13.5. The van der Waals surface area contributed by atoms with Gasteiger partial charge >= 0.3 is 0 Å². The lowest BCUT2D eigenvalue weighted by Crippen LogP contribution is -2.47. The fraction of sp³-hybridized carbons (Fsp3) is 0.522. The molecule has 3 aromatic rings. The van der Waals surface area contributed by atoms with Gasteiger partial charge in [-0.05, 0) is 72.4 Å². The highest BCUT2D eigenvalue weighted by atomic mass is 19.1. The Bertz CT molecular complexity index is 1060. The Balaban J connectivity index is 1.22. The molecule has 32 heavy (non-hydrogen) atoms. The number of amides is 1. The Labute approximate surface area is 186 Å². The number of carbonyl (C=O) groups is 1. The highest BCUT2D eigenvalue weighted by Gasteiger charge is 2.33. The average molecular weight is 438 g/mol. The molecule has 9 heteroatoms. The Hall–Kier alpha value is -3.10. The van der Waals surface area contributed by atoms with Crippen molar-refractivity contribution in [2.24, 2.45) is 5.92 Å². The number of hydrogen-bond donors (Lipinski definition) is 0. The molecule has 1 saturated carbocycles. The minimum absolute atomic E-state index is 0.0387. The summed E-state index contributed by atoms with van der Waals surface area (Å²) in [4.78, 5) is 17.9. The Kier molecular flexibility index (Phi) is 5.96. The third-order valence-electron chi connectivity index (χ3n) is 6.83. The summed E-state index contributed by atoms with van der Waals surface area (Å²) < 4.78 is 14.7. The van der Waals surface area contributed by atoms with E-state index in [1.165, 1.54) is 29.6 Å². The number of hydrogen-bond acceptors (Lipinski definition) is 6. The second kappa shape index (κ2) is 9.18. The van der Waals surface area contributed by atoms with Gasteiger partial charge in [-0.25, -0.2) is 4.39 Å². The molecular formula is C23H28FN7O. The molecule has 1 amide bonds. The summed E-state index contributed by atoms with van der Waals surface area (Å²) in [5.74, 6) is 0.928. The number of fused-ring (bicyclic) bond motifs is 1. The van der Waals surface area contributed by atoms with Gasteiger partial charge in [0.1, 0.15) is 5.82 Å². The van der Waals surface area contributed by atoms with Gasteiger partial charge in [-0.3, -0.25) is 4.79 Å². The zero-order valence-electron chi connectivity index (χ0n) is 18.1. The SMILES string of the molecule is O=C(C1CCN(c2ccc3nnnn3n2)CC1)N(CCc1ccc(F)cc1)C1CCCC1. The second-order valence-electron chi connectivity index (χ2n) is 8.83. The van der Waals surface area contributed by atoms with Gasteiger partial charge in [-0.2, -0.15) is 0 Å². The molecule has 0 spiro atoms. The van der Waals surface area contributed by atoms with Gasteiger partial charge in [0.25, 0.3) is 0 Å². The number of tetrazole rings is 1. The number of anilines is 1. The molecule has 168 valence electrons. The molecular weight excluding hydrogens is 409 g/mol. The lowest BCUT2D eigenvalue weighted by Gasteiger charge is -2.37. The van der Waals surface area contributed by atoms with Crippen molar-refractivity contribution in [2.75, 3.05) is 24.5 Å². The van der Waals surface area contributed by atoms with Crippen LogP contribution < -0.4 is 4.90 Å². The minimum atomic E-state index is -0.224. The van der Waals surface area contributed by atoms with Gasteiger partial charge in [0.15, 0.2) is 11.5 Å². The van der Waals surface area contributed by atoms with E-state index in [4.69, 9.17) is 0 Å². The fourth-order valence-electron chi connectivity index (χ4n) is 4.99. The van der Waals surface area contributed by atoms with Crippen LogP contribution in [0.4, 0.5) is 10.2 Å². The van der Waals surface area contributed by atoms with E-state index in [0.717, 1.165) is 56.6 Å². The Morgan fingerprint density at radius 3 is 2.53 bits per heavy atom. The highest BCUT2D eigenvalue weighted by molar-refractivity contribution is 5.79. The number of carbonyl (C=O) groups excluding carboxylic acids is 1. The summed E-state index contributed by atoms with van der Waals surface area (Å²) in [6, 6.07) is 10.8. The lowest BCUT2D eigenvalue weighted by atomic mass is 9.94. The van der Waals surface area contributed by atoms with Crippen molar-refractivity contribution in [3.63, 3.8) is 0 Å². The summed E-state index contributed by atoms with van der Waals surface area (Å²) in [5, 5.41) is 15.9. The van der Waals surface area contributed by atoms with E-state index in [2.05, 4.69) is 30.4 Å². The van der Waals surface area contributed by atoms with Gasteiger partial charge in [0, 0.05) is 31.6 Å². The molecule has 0 N–H and O–H groups in total. The molecule has 0 radical (unpaired) electrons. The van der Waals surface area contributed by atoms with E-state index in [9.17, 15) is 9.18 Å².